The minimum Gasteiger partial charge on any atom is -0.462 e. The lowest BCUT2D eigenvalue weighted by molar-refractivity contribution is -0.163. The highest BCUT2D eigenvalue weighted by Gasteiger charge is 2.17. The van der Waals surface area contributed by atoms with Gasteiger partial charge in [-0.1, -0.05) is 231 Å². The Labute approximate surface area is 361 Å². The molecule has 0 radical (unpaired) electrons. The molecule has 0 aliphatic carbocycles. The molecule has 1 unspecified atom stereocenters. The molecule has 0 spiro atoms. The average molecular weight is 815 g/mol. The first kappa shape index (κ1) is 56.1. The largest absolute Gasteiger partial charge is 0.462 e. The highest BCUT2D eigenvalue weighted by molar-refractivity contribution is 5.70. The second-order valence-corrected chi connectivity index (χ2v) is 17.1. The first-order valence-corrected chi connectivity index (χ1v) is 25.5. The molecule has 340 valence electrons. The molecule has 0 saturated heterocycles. The van der Waals surface area contributed by atoms with Crippen LogP contribution in [-0.4, -0.2) is 37.9 Å². The number of ether oxygens (including phenoxy) is 3. The third-order valence-electron chi connectivity index (χ3n) is 11.2. The zero-order valence-corrected chi connectivity index (χ0v) is 39.1. The van der Waals surface area contributed by atoms with Gasteiger partial charge < -0.3 is 14.2 Å². The van der Waals surface area contributed by atoms with Crippen LogP contribution in [-0.2, 0) is 23.8 Å². The molecular formula is C53H98O5. The van der Waals surface area contributed by atoms with Crippen LogP contribution in [0, 0.1) is 0 Å². The predicted molar refractivity (Wildman–Crippen MR) is 252 cm³/mol. The van der Waals surface area contributed by atoms with Crippen molar-refractivity contribution in [2.24, 2.45) is 0 Å². The number of unbranched alkanes of at least 4 members (excludes halogenated alkanes) is 30. The van der Waals surface area contributed by atoms with Crippen molar-refractivity contribution in [1.82, 2.24) is 0 Å². The van der Waals surface area contributed by atoms with E-state index in [0.717, 1.165) is 57.8 Å². The number of esters is 2. The minimum atomic E-state index is -0.533. The molecular weight excluding hydrogens is 717 g/mol. The summed E-state index contributed by atoms with van der Waals surface area (Å²) in [6.45, 7) is 7.79. The number of carbonyl (C=O) groups is 2. The van der Waals surface area contributed by atoms with E-state index in [-0.39, 0.29) is 25.2 Å². The summed E-state index contributed by atoms with van der Waals surface area (Å²) in [5.74, 6) is -0.405. The van der Waals surface area contributed by atoms with Crippen LogP contribution in [0.5, 0.6) is 0 Å². The van der Waals surface area contributed by atoms with E-state index in [1.807, 2.05) is 0 Å². The van der Waals surface area contributed by atoms with Crippen LogP contribution in [0.25, 0.3) is 0 Å². The van der Waals surface area contributed by atoms with Crippen LogP contribution >= 0.6 is 0 Å². The molecule has 0 N–H and O–H groups in total. The van der Waals surface area contributed by atoms with Gasteiger partial charge in [-0.25, -0.2) is 0 Å². The van der Waals surface area contributed by atoms with Crippen molar-refractivity contribution in [1.29, 1.82) is 0 Å². The lowest BCUT2D eigenvalue weighted by Gasteiger charge is -2.18. The number of rotatable bonds is 47. The fourth-order valence-electron chi connectivity index (χ4n) is 7.34. The summed E-state index contributed by atoms with van der Waals surface area (Å²) in [5, 5.41) is 0. The van der Waals surface area contributed by atoms with Gasteiger partial charge in [-0.2, -0.15) is 0 Å². The quantitative estimate of drug-likeness (QED) is 0.0348. The molecule has 5 nitrogen and oxygen atoms in total. The Kier molecular flexibility index (Phi) is 47.9. The number of hydrogen-bond acceptors (Lipinski definition) is 5. The van der Waals surface area contributed by atoms with Crippen LogP contribution in [0.4, 0.5) is 0 Å². The summed E-state index contributed by atoms with van der Waals surface area (Å²) in [4.78, 5) is 25.2. The van der Waals surface area contributed by atoms with Gasteiger partial charge in [-0.15, -0.1) is 0 Å². The molecule has 0 amide bonds. The topological polar surface area (TPSA) is 61.8 Å². The highest BCUT2D eigenvalue weighted by Crippen LogP contribution is 2.15. The summed E-state index contributed by atoms with van der Waals surface area (Å²) in [6.07, 6.45) is 58.7. The van der Waals surface area contributed by atoms with Gasteiger partial charge in [0.05, 0.1) is 6.61 Å². The average Bonchev–Trinajstić information content (AvgIpc) is 3.22. The van der Waals surface area contributed by atoms with Crippen LogP contribution in [0.15, 0.2) is 36.5 Å². The van der Waals surface area contributed by atoms with Crippen molar-refractivity contribution in [3.05, 3.63) is 36.5 Å². The number of carbonyl (C=O) groups excluding carboxylic acids is 2. The van der Waals surface area contributed by atoms with E-state index < -0.39 is 6.10 Å². The fraction of sp³-hybridized carbons (Fsp3) is 0.849. The molecule has 0 rings (SSSR count). The van der Waals surface area contributed by atoms with Crippen molar-refractivity contribution < 1.29 is 23.8 Å². The second-order valence-electron chi connectivity index (χ2n) is 17.1. The van der Waals surface area contributed by atoms with Crippen molar-refractivity contribution in [3.8, 4) is 0 Å². The van der Waals surface area contributed by atoms with Crippen LogP contribution < -0.4 is 0 Å². The minimum absolute atomic E-state index is 0.0834. The van der Waals surface area contributed by atoms with E-state index in [0.29, 0.717) is 19.4 Å². The van der Waals surface area contributed by atoms with Crippen molar-refractivity contribution in [3.63, 3.8) is 0 Å². The molecule has 0 fully saturated rings. The maximum absolute atomic E-state index is 12.7. The Morgan fingerprint density at radius 1 is 0.379 bits per heavy atom. The Balaban J connectivity index is 4.11. The molecule has 5 heteroatoms. The van der Waals surface area contributed by atoms with E-state index in [4.69, 9.17) is 14.2 Å². The number of allylic oxidation sites excluding steroid dienone is 6. The first-order chi connectivity index (χ1) is 28.6. The Morgan fingerprint density at radius 2 is 0.724 bits per heavy atom. The standard InChI is InChI=1S/C53H98O5/c1-4-7-10-13-16-18-20-22-24-26-27-28-29-31-33-35-38-40-43-46-52(54)57-50-51(58-53(55)47-44-41-37-15-12-9-6-3)49-56-48-45-42-39-36-34-32-30-25-23-21-19-17-14-11-8-5-2/h16,18,22,24,27-28,51H,4-15,17,19-21,23,25-26,29-50H2,1-3H3/b18-16-,24-22-,28-27-. The van der Waals surface area contributed by atoms with Crippen molar-refractivity contribution in [2.45, 2.75) is 271 Å². The Bertz CT molecular complexity index is 924. The predicted octanol–water partition coefficient (Wildman–Crippen LogP) is 17.0. The van der Waals surface area contributed by atoms with Crippen molar-refractivity contribution >= 4 is 11.9 Å². The van der Waals surface area contributed by atoms with Crippen LogP contribution in [0.2, 0.25) is 0 Å². The smallest absolute Gasteiger partial charge is 0.306 e. The molecule has 0 saturated carbocycles. The second kappa shape index (κ2) is 49.5. The number of hydrogen-bond donors (Lipinski definition) is 0. The van der Waals surface area contributed by atoms with Crippen LogP contribution in [0.3, 0.4) is 0 Å². The summed E-state index contributed by atoms with van der Waals surface area (Å²) < 4.78 is 17.3. The SMILES string of the molecule is CCCCC/C=C\C/C=C\C/C=C\CCCCCCCCC(=O)OCC(COCCCCCCCCCCCCCCCCCC)OC(=O)CCCCCCCCC. The van der Waals surface area contributed by atoms with E-state index in [9.17, 15) is 9.59 Å². The van der Waals surface area contributed by atoms with Gasteiger partial charge in [0.25, 0.3) is 0 Å². The summed E-state index contributed by atoms with van der Waals surface area (Å²) >= 11 is 0. The zero-order chi connectivity index (χ0) is 42.1. The molecule has 1 atom stereocenters. The maximum Gasteiger partial charge on any atom is 0.306 e. The molecule has 0 aromatic heterocycles. The Morgan fingerprint density at radius 3 is 1.19 bits per heavy atom. The van der Waals surface area contributed by atoms with Gasteiger partial charge in [0, 0.05) is 19.4 Å². The third-order valence-corrected chi connectivity index (χ3v) is 11.2. The van der Waals surface area contributed by atoms with Crippen molar-refractivity contribution in [2.75, 3.05) is 19.8 Å². The molecule has 0 aliphatic rings. The third kappa shape index (κ3) is 46.8. The highest BCUT2D eigenvalue weighted by atomic mass is 16.6. The summed E-state index contributed by atoms with van der Waals surface area (Å²) in [6, 6.07) is 0. The first-order valence-electron chi connectivity index (χ1n) is 25.5. The zero-order valence-electron chi connectivity index (χ0n) is 39.1. The van der Waals surface area contributed by atoms with Gasteiger partial charge in [0.2, 0.25) is 0 Å². The molecule has 0 aliphatic heterocycles. The van der Waals surface area contributed by atoms with Gasteiger partial charge in [-0.05, 0) is 57.8 Å². The molecule has 0 aromatic rings. The fourth-order valence-corrected chi connectivity index (χ4v) is 7.34. The normalized spacial score (nSPS) is 12.4. The van der Waals surface area contributed by atoms with Gasteiger partial charge in [-0.3, -0.25) is 9.59 Å². The lowest BCUT2D eigenvalue weighted by atomic mass is 10.0. The summed E-state index contributed by atoms with van der Waals surface area (Å²) in [5.41, 5.74) is 0. The van der Waals surface area contributed by atoms with Gasteiger partial charge in [0.15, 0.2) is 6.10 Å². The lowest BCUT2D eigenvalue weighted by Crippen LogP contribution is -2.30. The van der Waals surface area contributed by atoms with Gasteiger partial charge >= 0.3 is 11.9 Å². The van der Waals surface area contributed by atoms with E-state index in [2.05, 4.69) is 57.2 Å². The van der Waals surface area contributed by atoms with E-state index >= 15 is 0 Å². The molecule has 0 bridgehead atoms. The summed E-state index contributed by atoms with van der Waals surface area (Å²) in [7, 11) is 0. The monoisotopic (exact) mass is 815 g/mol. The van der Waals surface area contributed by atoms with E-state index in [1.165, 1.54) is 173 Å². The Hall–Kier alpha value is -1.88. The maximum atomic E-state index is 12.7. The van der Waals surface area contributed by atoms with Crippen LogP contribution in [0.1, 0.15) is 265 Å². The molecule has 0 heterocycles. The van der Waals surface area contributed by atoms with Gasteiger partial charge in [0.1, 0.15) is 6.61 Å². The molecule has 0 aromatic carbocycles. The molecule has 58 heavy (non-hydrogen) atoms. The van der Waals surface area contributed by atoms with E-state index in [1.54, 1.807) is 0 Å².